The third-order valence-electron chi connectivity index (χ3n) is 2.85. The van der Waals surface area contributed by atoms with Gasteiger partial charge in [-0.15, -0.1) is 0 Å². The fraction of sp³-hybridized carbons (Fsp3) is 0.125. The van der Waals surface area contributed by atoms with E-state index in [1.807, 2.05) is 0 Å². The molecule has 0 aromatic heterocycles. The molecule has 0 fully saturated rings. The van der Waals surface area contributed by atoms with Crippen LogP contribution in [0.25, 0.3) is 0 Å². The highest BCUT2D eigenvalue weighted by molar-refractivity contribution is 6.40. The second-order valence-electron chi connectivity index (χ2n) is 4.70. The fourth-order valence-electron chi connectivity index (χ4n) is 1.74. The molecule has 25 heavy (non-hydrogen) atoms. The zero-order chi connectivity index (χ0) is 18.6. The quantitative estimate of drug-likeness (QED) is 0.406. The number of carbonyl (C=O) groups excluding carboxylic acids is 2. The molecule has 132 valence electrons. The highest BCUT2D eigenvalue weighted by Crippen LogP contribution is 2.36. The molecule has 2 aromatic carbocycles. The lowest BCUT2D eigenvalue weighted by atomic mass is 10.3. The minimum atomic E-state index is -0.715. The Kier molecular flexibility index (Phi) is 7.23. The van der Waals surface area contributed by atoms with Gasteiger partial charge in [0.05, 0.1) is 32.9 Å². The molecule has 0 saturated heterocycles. The predicted octanol–water partition coefficient (Wildman–Crippen LogP) is 6.24. The molecular formula is C16H9Cl5O4. The number of rotatable bonds is 5. The maximum atomic E-state index is 11.9. The average molecular weight is 443 g/mol. The monoisotopic (exact) mass is 440 g/mol. The SMILES string of the molecule is O=C(CCC(=O)Oc1c(Cl)cc(Cl)cc1Cl)Oc1c(Cl)cccc1Cl. The molecule has 0 amide bonds. The van der Waals surface area contributed by atoms with Gasteiger partial charge in [0.2, 0.25) is 0 Å². The lowest BCUT2D eigenvalue weighted by Crippen LogP contribution is -2.14. The Morgan fingerprint density at radius 2 is 1.12 bits per heavy atom. The Morgan fingerprint density at radius 1 is 0.720 bits per heavy atom. The van der Waals surface area contributed by atoms with Gasteiger partial charge in [-0.1, -0.05) is 64.1 Å². The van der Waals surface area contributed by atoms with Gasteiger partial charge >= 0.3 is 11.9 Å². The van der Waals surface area contributed by atoms with Crippen LogP contribution in [0.4, 0.5) is 0 Å². The highest BCUT2D eigenvalue weighted by Gasteiger charge is 2.17. The molecule has 4 nitrogen and oxygen atoms in total. The first-order valence-corrected chi connectivity index (χ1v) is 8.67. The van der Waals surface area contributed by atoms with Gasteiger partial charge in [0, 0.05) is 5.02 Å². The Morgan fingerprint density at radius 3 is 1.56 bits per heavy atom. The van der Waals surface area contributed by atoms with E-state index in [2.05, 4.69) is 0 Å². The van der Waals surface area contributed by atoms with Gasteiger partial charge in [-0.05, 0) is 24.3 Å². The van der Waals surface area contributed by atoms with Crippen molar-refractivity contribution in [3.05, 3.63) is 55.4 Å². The van der Waals surface area contributed by atoms with Gasteiger partial charge in [0.15, 0.2) is 11.5 Å². The molecule has 0 aliphatic heterocycles. The molecule has 2 rings (SSSR count). The molecule has 9 heteroatoms. The van der Waals surface area contributed by atoms with Crippen LogP contribution in [0.15, 0.2) is 30.3 Å². The molecule has 0 heterocycles. The Labute approximate surface area is 168 Å². The van der Waals surface area contributed by atoms with Gasteiger partial charge in [0.1, 0.15) is 0 Å². The fourth-order valence-corrected chi connectivity index (χ4v) is 3.11. The molecule has 0 bridgehead atoms. The Hall–Kier alpha value is -1.17. The molecule has 2 aromatic rings. The second kappa shape index (κ2) is 8.97. The van der Waals surface area contributed by atoms with Crippen LogP contribution in [0.2, 0.25) is 25.1 Å². The van der Waals surface area contributed by atoms with E-state index in [0.29, 0.717) is 5.02 Å². The van der Waals surface area contributed by atoms with Gasteiger partial charge in [-0.3, -0.25) is 9.59 Å². The first kappa shape index (κ1) is 20.1. The van der Waals surface area contributed by atoms with Crippen molar-refractivity contribution in [2.24, 2.45) is 0 Å². The third kappa shape index (κ3) is 5.66. The summed E-state index contributed by atoms with van der Waals surface area (Å²) in [5.41, 5.74) is 0. The minimum absolute atomic E-state index is 0.0275. The van der Waals surface area contributed by atoms with Crippen molar-refractivity contribution in [3.63, 3.8) is 0 Å². The van der Waals surface area contributed by atoms with Gasteiger partial charge < -0.3 is 9.47 Å². The van der Waals surface area contributed by atoms with E-state index in [4.69, 9.17) is 67.5 Å². The molecule has 0 atom stereocenters. The minimum Gasteiger partial charge on any atom is -0.423 e. The van der Waals surface area contributed by atoms with E-state index in [1.165, 1.54) is 24.3 Å². The van der Waals surface area contributed by atoms with E-state index in [0.717, 1.165) is 0 Å². The van der Waals surface area contributed by atoms with Crippen LogP contribution in [-0.4, -0.2) is 11.9 Å². The topological polar surface area (TPSA) is 52.6 Å². The molecule has 0 spiro atoms. The molecule has 0 N–H and O–H groups in total. The normalized spacial score (nSPS) is 10.4. The van der Waals surface area contributed by atoms with Crippen LogP contribution in [0.1, 0.15) is 12.8 Å². The van der Waals surface area contributed by atoms with E-state index in [-0.39, 0.29) is 44.4 Å². The molecule has 0 radical (unpaired) electrons. The van der Waals surface area contributed by atoms with E-state index >= 15 is 0 Å². The van der Waals surface area contributed by atoms with Gasteiger partial charge in [-0.2, -0.15) is 0 Å². The second-order valence-corrected chi connectivity index (χ2v) is 6.76. The van der Waals surface area contributed by atoms with Crippen molar-refractivity contribution in [3.8, 4) is 11.5 Å². The van der Waals surface area contributed by atoms with Crippen molar-refractivity contribution in [2.45, 2.75) is 12.8 Å². The smallest absolute Gasteiger partial charge is 0.311 e. The number of ether oxygens (including phenoxy) is 2. The zero-order valence-electron chi connectivity index (χ0n) is 12.3. The maximum absolute atomic E-state index is 11.9. The van der Waals surface area contributed by atoms with Crippen LogP contribution in [0, 0.1) is 0 Å². The molecule has 0 aliphatic rings. The van der Waals surface area contributed by atoms with Crippen molar-refractivity contribution in [2.75, 3.05) is 0 Å². The van der Waals surface area contributed by atoms with Crippen LogP contribution >= 0.6 is 58.0 Å². The van der Waals surface area contributed by atoms with Crippen LogP contribution in [0.3, 0.4) is 0 Å². The molecular weight excluding hydrogens is 433 g/mol. The summed E-state index contributed by atoms with van der Waals surface area (Å²) in [6.45, 7) is 0. The van der Waals surface area contributed by atoms with Crippen LogP contribution in [0.5, 0.6) is 11.5 Å². The van der Waals surface area contributed by atoms with Gasteiger partial charge in [0.25, 0.3) is 0 Å². The number of para-hydroxylation sites is 1. The number of hydrogen-bond donors (Lipinski definition) is 0. The van der Waals surface area contributed by atoms with Crippen molar-refractivity contribution in [1.29, 1.82) is 0 Å². The number of benzene rings is 2. The lowest BCUT2D eigenvalue weighted by Gasteiger charge is -2.09. The summed E-state index contributed by atoms with van der Waals surface area (Å²) < 4.78 is 10.1. The highest BCUT2D eigenvalue weighted by atomic mass is 35.5. The standard InChI is InChI=1S/C16H9Cl5O4/c17-8-6-11(20)16(12(21)7-8)25-14(23)5-4-13(22)24-15-9(18)2-1-3-10(15)19/h1-3,6-7H,4-5H2. The van der Waals surface area contributed by atoms with Gasteiger partial charge in [-0.25, -0.2) is 0 Å². The maximum Gasteiger partial charge on any atom is 0.311 e. The van der Waals surface area contributed by atoms with E-state index in [1.54, 1.807) is 6.07 Å². The third-order valence-corrected chi connectivity index (χ3v) is 4.22. The Balaban J connectivity index is 1.93. The Bertz CT molecular complexity index is 779. The zero-order valence-corrected chi connectivity index (χ0v) is 16.1. The summed E-state index contributed by atoms with van der Waals surface area (Å²) >= 11 is 29.4. The summed E-state index contributed by atoms with van der Waals surface area (Å²) in [4.78, 5) is 23.7. The number of esters is 2. The number of carbonyl (C=O) groups is 2. The summed E-state index contributed by atoms with van der Waals surface area (Å²) in [7, 11) is 0. The van der Waals surface area contributed by atoms with Crippen molar-refractivity contribution in [1.82, 2.24) is 0 Å². The molecule has 0 saturated carbocycles. The summed E-state index contributed by atoms with van der Waals surface area (Å²) in [6.07, 6.45) is -0.501. The molecule has 0 aliphatic carbocycles. The summed E-state index contributed by atoms with van der Waals surface area (Å²) in [5, 5.41) is 0.828. The number of hydrogen-bond acceptors (Lipinski definition) is 4. The van der Waals surface area contributed by atoms with E-state index < -0.39 is 11.9 Å². The molecule has 0 unspecified atom stereocenters. The number of halogens is 5. The first-order chi connectivity index (χ1) is 11.8. The first-order valence-electron chi connectivity index (χ1n) is 6.78. The summed E-state index contributed by atoms with van der Waals surface area (Å²) in [6, 6.07) is 7.42. The van der Waals surface area contributed by atoms with Crippen LogP contribution < -0.4 is 9.47 Å². The van der Waals surface area contributed by atoms with Crippen LogP contribution in [-0.2, 0) is 9.59 Å². The van der Waals surface area contributed by atoms with E-state index in [9.17, 15) is 9.59 Å². The predicted molar refractivity (Wildman–Crippen MR) is 98.4 cm³/mol. The van der Waals surface area contributed by atoms with Crippen molar-refractivity contribution >= 4 is 69.9 Å². The van der Waals surface area contributed by atoms with Crippen molar-refractivity contribution < 1.29 is 19.1 Å². The lowest BCUT2D eigenvalue weighted by molar-refractivity contribution is -0.140. The average Bonchev–Trinajstić information content (AvgIpc) is 2.52. The summed E-state index contributed by atoms with van der Waals surface area (Å²) in [5.74, 6) is -1.40. The largest absolute Gasteiger partial charge is 0.423 e.